The van der Waals surface area contributed by atoms with Crippen molar-refractivity contribution in [1.29, 1.82) is 0 Å². The van der Waals surface area contributed by atoms with E-state index in [0.29, 0.717) is 17.9 Å². The molecule has 1 aliphatic carbocycles. The molecule has 6 heteroatoms. The van der Waals surface area contributed by atoms with Gasteiger partial charge in [-0.2, -0.15) is 0 Å². The van der Waals surface area contributed by atoms with Crippen LogP contribution in [0.15, 0.2) is 23.1 Å². The van der Waals surface area contributed by atoms with E-state index in [1.165, 1.54) is 9.60 Å². The summed E-state index contributed by atoms with van der Waals surface area (Å²) in [4.78, 5) is 22.7. The van der Waals surface area contributed by atoms with Crippen LogP contribution in [0.4, 0.5) is 5.13 Å². The monoisotopic (exact) mass is 361 g/mol. The van der Waals surface area contributed by atoms with Gasteiger partial charge in [0.05, 0.1) is 10.2 Å². The van der Waals surface area contributed by atoms with Crippen LogP contribution in [0.25, 0.3) is 10.2 Å². The average molecular weight is 362 g/mol. The van der Waals surface area contributed by atoms with Crippen LogP contribution in [0.5, 0.6) is 0 Å². The van der Waals surface area contributed by atoms with E-state index in [2.05, 4.69) is 29.4 Å². The van der Waals surface area contributed by atoms with E-state index in [9.17, 15) is 4.79 Å². The summed E-state index contributed by atoms with van der Waals surface area (Å²) in [6.45, 7) is 1.98. The normalized spacial score (nSPS) is 19.0. The molecular formula is C18H23N3OS2. The number of rotatable bonds is 4. The molecule has 2 heterocycles. The van der Waals surface area contributed by atoms with Gasteiger partial charge in [-0.1, -0.05) is 11.3 Å². The van der Waals surface area contributed by atoms with Crippen molar-refractivity contribution in [3.8, 4) is 0 Å². The number of carbonyl (C=O) groups excluding carboxylic acids is 1. The molecule has 2 fully saturated rings. The molecule has 1 amide bonds. The maximum absolute atomic E-state index is 12.2. The molecule has 4 rings (SSSR count). The molecule has 0 unspecified atom stereocenters. The predicted octanol–water partition coefficient (Wildman–Crippen LogP) is 3.86. The summed E-state index contributed by atoms with van der Waals surface area (Å²) in [5, 5.41) is 1.12. The number of carbonyl (C=O) groups is 1. The molecular weight excluding hydrogens is 338 g/mol. The Morgan fingerprint density at radius 1 is 1.29 bits per heavy atom. The first-order chi connectivity index (χ1) is 11.7. The van der Waals surface area contributed by atoms with Gasteiger partial charge in [-0.15, -0.1) is 11.8 Å². The van der Waals surface area contributed by atoms with Crippen molar-refractivity contribution >= 4 is 44.4 Å². The molecule has 0 spiro atoms. The van der Waals surface area contributed by atoms with Crippen LogP contribution in [0.3, 0.4) is 0 Å². The highest BCUT2D eigenvalue weighted by Crippen LogP contribution is 2.35. The minimum Gasteiger partial charge on any atom is -0.348 e. The number of fused-ring (bicyclic) bond motifs is 1. The number of amides is 1. The highest BCUT2D eigenvalue weighted by molar-refractivity contribution is 7.98. The number of hydrogen-bond acceptors (Lipinski definition) is 5. The Labute approximate surface area is 151 Å². The molecule has 2 aliphatic rings. The SMILES string of the molecule is CSc1ccc2nc(N3CCC(N(C)C(=O)C4CC4)CC3)sc2c1. The maximum Gasteiger partial charge on any atom is 0.225 e. The number of piperidine rings is 1. The Bertz CT molecular complexity index is 748. The molecule has 1 aliphatic heterocycles. The average Bonchev–Trinajstić information content (AvgIpc) is 3.39. The molecule has 0 radical (unpaired) electrons. The number of anilines is 1. The third-order valence-corrected chi connectivity index (χ3v) is 6.95. The van der Waals surface area contributed by atoms with Crippen molar-refractivity contribution in [2.45, 2.75) is 36.6 Å². The van der Waals surface area contributed by atoms with E-state index < -0.39 is 0 Å². The lowest BCUT2D eigenvalue weighted by Gasteiger charge is -2.36. The molecule has 2 aromatic rings. The van der Waals surface area contributed by atoms with Crippen LogP contribution in [0.1, 0.15) is 25.7 Å². The molecule has 1 saturated heterocycles. The molecule has 1 aromatic heterocycles. The summed E-state index contributed by atoms with van der Waals surface area (Å²) >= 11 is 3.55. The maximum atomic E-state index is 12.2. The van der Waals surface area contributed by atoms with Gasteiger partial charge in [-0.25, -0.2) is 4.98 Å². The Morgan fingerprint density at radius 3 is 2.71 bits per heavy atom. The summed E-state index contributed by atoms with van der Waals surface area (Å²) in [5.74, 6) is 0.681. The lowest BCUT2D eigenvalue weighted by Crippen LogP contribution is -2.46. The van der Waals surface area contributed by atoms with Crippen LogP contribution < -0.4 is 4.90 Å². The van der Waals surface area contributed by atoms with Crippen LogP contribution in [-0.4, -0.2) is 48.2 Å². The van der Waals surface area contributed by atoms with Gasteiger partial charge in [0.15, 0.2) is 5.13 Å². The quantitative estimate of drug-likeness (QED) is 0.775. The first kappa shape index (κ1) is 16.2. The molecule has 1 aromatic carbocycles. The van der Waals surface area contributed by atoms with E-state index in [1.807, 2.05) is 11.9 Å². The van der Waals surface area contributed by atoms with Gasteiger partial charge in [0.25, 0.3) is 0 Å². The van der Waals surface area contributed by atoms with E-state index in [0.717, 1.165) is 49.4 Å². The molecule has 0 N–H and O–H groups in total. The van der Waals surface area contributed by atoms with Crippen molar-refractivity contribution in [1.82, 2.24) is 9.88 Å². The number of thiazole rings is 1. The van der Waals surface area contributed by atoms with Crippen molar-refractivity contribution in [3.63, 3.8) is 0 Å². The van der Waals surface area contributed by atoms with Gasteiger partial charge in [0.2, 0.25) is 5.91 Å². The molecule has 0 atom stereocenters. The Hall–Kier alpha value is -1.27. The van der Waals surface area contributed by atoms with E-state index in [4.69, 9.17) is 4.98 Å². The van der Waals surface area contributed by atoms with Gasteiger partial charge >= 0.3 is 0 Å². The molecule has 24 heavy (non-hydrogen) atoms. The number of thioether (sulfide) groups is 1. The number of benzene rings is 1. The third-order valence-electron chi connectivity index (χ3n) is 5.14. The smallest absolute Gasteiger partial charge is 0.225 e. The number of hydrogen-bond donors (Lipinski definition) is 0. The standard InChI is InChI=1S/C18H23N3OS2/c1-20(17(22)12-3-4-12)13-7-9-21(10-8-13)18-19-15-6-5-14(23-2)11-16(15)24-18/h5-6,11-13H,3-4,7-10H2,1-2H3. The lowest BCUT2D eigenvalue weighted by atomic mass is 10.0. The minimum atomic E-state index is 0.322. The molecule has 128 valence electrons. The zero-order chi connectivity index (χ0) is 16.7. The van der Waals surface area contributed by atoms with Crippen molar-refractivity contribution < 1.29 is 4.79 Å². The predicted molar refractivity (Wildman–Crippen MR) is 102 cm³/mol. The summed E-state index contributed by atoms with van der Waals surface area (Å²) in [6.07, 6.45) is 6.37. The van der Waals surface area contributed by atoms with Crippen molar-refractivity contribution in [2.24, 2.45) is 5.92 Å². The second kappa shape index (κ2) is 6.56. The van der Waals surface area contributed by atoms with E-state index in [1.54, 1.807) is 23.1 Å². The lowest BCUT2D eigenvalue weighted by molar-refractivity contribution is -0.133. The van der Waals surface area contributed by atoms with Crippen molar-refractivity contribution in [3.05, 3.63) is 18.2 Å². The summed E-state index contributed by atoms with van der Waals surface area (Å²) in [6, 6.07) is 6.89. The summed E-state index contributed by atoms with van der Waals surface area (Å²) in [5.41, 5.74) is 1.09. The van der Waals surface area contributed by atoms with E-state index in [-0.39, 0.29) is 0 Å². The highest BCUT2D eigenvalue weighted by atomic mass is 32.2. The zero-order valence-corrected chi connectivity index (χ0v) is 15.8. The Morgan fingerprint density at radius 2 is 2.04 bits per heavy atom. The van der Waals surface area contributed by atoms with Crippen LogP contribution in [0, 0.1) is 5.92 Å². The van der Waals surface area contributed by atoms with Crippen molar-refractivity contribution in [2.75, 3.05) is 31.3 Å². The Balaban J connectivity index is 1.42. The van der Waals surface area contributed by atoms with E-state index >= 15 is 0 Å². The van der Waals surface area contributed by atoms with Crippen LogP contribution >= 0.6 is 23.1 Å². The topological polar surface area (TPSA) is 36.4 Å². The summed E-state index contributed by atoms with van der Waals surface area (Å²) in [7, 11) is 1.99. The summed E-state index contributed by atoms with van der Waals surface area (Å²) < 4.78 is 1.26. The van der Waals surface area contributed by atoms with Gasteiger partial charge in [0, 0.05) is 37.0 Å². The van der Waals surface area contributed by atoms with Gasteiger partial charge < -0.3 is 9.80 Å². The largest absolute Gasteiger partial charge is 0.348 e. The first-order valence-corrected chi connectivity index (χ1v) is 10.7. The van der Waals surface area contributed by atoms with Gasteiger partial charge in [0.1, 0.15) is 0 Å². The number of nitrogens with zero attached hydrogens (tertiary/aromatic N) is 3. The highest BCUT2D eigenvalue weighted by Gasteiger charge is 2.35. The minimum absolute atomic E-state index is 0.322. The molecule has 1 saturated carbocycles. The second-order valence-corrected chi connectivity index (χ2v) is 8.66. The number of aromatic nitrogens is 1. The Kier molecular flexibility index (Phi) is 4.43. The molecule has 4 nitrogen and oxygen atoms in total. The van der Waals surface area contributed by atoms with Gasteiger partial charge in [-0.3, -0.25) is 4.79 Å². The van der Waals surface area contributed by atoms with Gasteiger partial charge in [-0.05, 0) is 50.1 Å². The fourth-order valence-corrected chi connectivity index (χ4v) is 4.97. The van der Waals surface area contributed by atoms with Crippen LogP contribution in [-0.2, 0) is 4.79 Å². The first-order valence-electron chi connectivity index (χ1n) is 8.62. The zero-order valence-electron chi connectivity index (χ0n) is 14.2. The molecule has 0 bridgehead atoms. The fraction of sp³-hybridized carbons (Fsp3) is 0.556. The second-order valence-electron chi connectivity index (χ2n) is 6.77. The fourth-order valence-electron chi connectivity index (χ4n) is 3.40. The van der Waals surface area contributed by atoms with Crippen LogP contribution in [0.2, 0.25) is 0 Å². The third kappa shape index (κ3) is 3.14.